The first-order valence-electron chi connectivity index (χ1n) is 5.32. The number of hydrogen-bond acceptors (Lipinski definition) is 4. The van der Waals surface area contributed by atoms with Crippen LogP contribution >= 0.6 is 27.5 Å². The molecule has 0 aliphatic rings. The summed E-state index contributed by atoms with van der Waals surface area (Å²) < 4.78 is 6.17. The van der Waals surface area contributed by atoms with E-state index in [0.717, 1.165) is 0 Å². The van der Waals surface area contributed by atoms with Crippen molar-refractivity contribution in [2.45, 2.75) is 0 Å². The summed E-state index contributed by atoms with van der Waals surface area (Å²) in [5.41, 5.74) is 0.274. The molecule has 0 spiro atoms. The Hall–Kier alpha value is -2.10. The predicted molar refractivity (Wildman–Crippen MR) is 77.0 cm³/mol. The highest BCUT2D eigenvalue weighted by molar-refractivity contribution is 9.10. The van der Waals surface area contributed by atoms with Crippen molar-refractivity contribution in [1.29, 1.82) is 5.26 Å². The van der Waals surface area contributed by atoms with Crippen molar-refractivity contribution in [1.82, 2.24) is 0 Å². The number of nitriles is 1. The van der Waals surface area contributed by atoms with Crippen LogP contribution in [0.5, 0.6) is 11.5 Å². The Labute approximate surface area is 127 Å². The van der Waals surface area contributed by atoms with Crippen molar-refractivity contribution in [3.05, 3.63) is 61.6 Å². The fourth-order valence-corrected chi connectivity index (χ4v) is 2.13. The number of benzene rings is 2. The summed E-state index contributed by atoms with van der Waals surface area (Å²) in [5.74, 6) is 0.515. The van der Waals surface area contributed by atoms with Crippen LogP contribution in [-0.2, 0) is 0 Å². The minimum atomic E-state index is -0.537. The maximum Gasteiger partial charge on any atom is 0.273 e. The van der Waals surface area contributed by atoms with Gasteiger partial charge in [0.25, 0.3) is 5.69 Å². The number of non-ortho nitro benzene ring substituents is 1. The zero-order chi connectivity index (χ0) is 14.7. The number of nitro benzene ring substituents is 1. The number of halogens is 2. The third-order valence-corrected chi connectivity index (χ3v) is 3.12. The fraction of sp³-hybridized carbons (Fsp3) is 0. The topological polar surface area (TPSA) is 76.2 Å². The van der Waals surface area contributed by atoms with Gasteiger partial charge in [-0.05, 0) is 24.3 Å². The van der Waals surface area contributed by atoms with E-state index in [2.05, 4.69) is 15.9 Å². The second kappa shape index (κ2) is 5.90. The molecule has 0 heterocycles. The Balaban J connectivity index is 2.39. The summed E-state index contributed by atoms with van der Waals surface area (Å²) in [6.45, 7) is 0. The molecular formula is C13H6BrClN2O3. The van der Waals surface area contributed by atoms with Crippen LogP contribution in [0.1, 0.15) is 5.56 Å². The predicted octanol–water partition coefficient (Wildman–Crippen LogP) is 4.67. The molecule has 0 saturated heterocycles. The smallest absolute Gasteiger partial charge is 0.273 e. The van der Waals surface area contributed by atoms with Crippen LogP contribution in [0.3, 0.4) is 0 Å². The number of nitro groups is 1. The maximum atomic E-state index is 10.7. The van der Waals surface area contributed by atoms with Gasteiger partial charge in [0.05, 0.1) is 27.6 Å². The summed E-state index contributed by atoms with van der Waals surface area (Å²) in [7, 11) is 0. The van der Waals surface area contributed by atoms with Gasteiger partial charge in [-0.15, -0.1) is 0 Å². The molecule has 0 N–H and O–H groups in total. The van der Waals surface area contributed by atoms with Gasteiger partial charge >= 0.3 is 0 Å². The molecule has 0 aliphatic heterocycles. The van der Waals surface area contributed by atoms with Gasteiger partial charge in [0.15, 0.2) is 5.75 Å². The molecule has 2 aromatic rings. The van der Waals surface area contributed by atoms with E-state index < -0.39 is 4.92 Å². The molecule has 2 rings (SSSR count). The molecule has 0 bridgehead atoms. The summed E-state index contributed by atoms with van der Waals surface area (Å²) in [6.07, 6.45) is 0. The average Bonchev–Trinajstić information content (AvgIpc) is 2.40. The summed E-state index contributed by atoms with van der Waals surface area (Å²) in [6, 6.07) is 10.7. The van der Waals surface area contributed by atoms with Crippen LogP contribution in [-0.4, -0.2) is 4.92 Å². The van der Waals surface area contributed by atoms with Crippen molar-refractivity contribution in [3.8, 4) is 17.6 Å². The van der Waals surface area contributed by atoms with Gasteiger partial charge in [-0.25, -0.2) is 0 Å². The second-order valence-corrected chi connectivity index (χ2v) is 5.08. The largest absolute Gasteiger partial charge is 0.455 e. The Bertz CT molecular complexity index is 728. The van der Waals surface area contributed by atoms with Crippen molar-refractivity contribution in [2.75, 3.05) is 0 Å². The van der Waals surface area contributed by atoms with Gasteiger partial charge < -0.3 is 4.74 Å². The fourth-order valence-electron chi connectivity index (χ4n) is 1.50. The Morgan fingerprint density at radius 2 is 2.05 bits per heavy atom. The lowest BCUT2D eigenvalue weighted by Gasteiger charge is -2.08. The van der Waals surface area contributed by atoms with Crippen LogP contribution in [0, 0.1) is 21.4 Å². The van der Waals surface area contributed by atoms with E-state index in [4.69, 9.17) is 21.6 Å². The number of nitrogens with zero attached hydrogens (tertiary/aromatic N) is 2. The zero-order valence-corrected chi connectivity index (χ0v) is 12.2. The Morgan fingerprint density at radius 3 is 2.70 bits per heavy atom. The van der Waals surface area contributed by atoms with Gasteiger partial charge in [0.1, 0.15) is 5.75 Å². The van der Waals surface area contributed by atoms with Gasteiger partial charge in [-0.1, -0.05) is 27.5 Å². The normalized spacial score (nSPS) is 9.85. The number of ether oxygens (including phenoxy) is 1. The third-order valence-electron chi connectivity index (χ3n) is 2.35. The van der Waals surface area contributed by atoms with Gasteiger partial charge in [0.2, 0.25) is 0 Å². The summed E-state index contributed by atoms with van der Waals surface area (Å²) in [4.78, 5) is 10.2. The Morgan fingerprint density at radius 1 is 1.30 bits per heavy atom. The van der Waals surface area contributed by atoms with E-state index in [1.807, 2.05) is 6.07 Å². The quantitative estimate of drug-likeness (QED) is 0.593. The van der Waals surface area contributed by atoms with Crippen molar-refractivity contribution >= 4 is 33.2 Å². The van der Waals surface area contributed by atoms with E-state index in [1.54, 1.807) is 12.1 Å². The van der Waals surface area contributed by atoms with Gasteiger partial charge in [-0.2, -0.15) is 5.26 Å². The average molecular weight is 354 g/mol. The Kier molecular flexibility index (Phi) is 4.23. The van der Waals surface area contributed by atoms with E-state index in [0.29, 0.717) is 15.8 Å². The van der Waals surface area contributed by atoms with Crippen LogP contribution < -0.4 is 4.74 Å². The van der Waals surface area contributed by atoms with Crippen LogP contribution in [0.2, 0.25) is 5.02 Å². The number of rotatable bonds is 3. The highest BCUT2D eigenvalue weighted by atomic mass is 79.9. The second-order valence-electron chi connectivity index (χ2n) is 3.76. The third kappa shape index (κ3) is 3.26. The molecule has 0 aromatic heterocycles. The summed E-state index contributed by atoms with van der Waals surface area (Å²) in [5, 5.41) is 19.9. The number of hydrogen-bond donors (Lipinski definition) is 0. The highest BCUT2D eigenvalue weighted by Gasteiger charge is 2.12. The maximum absolute atomic E-state index is 10.7. The zero-order valence-electron chi connectivity index (χ0n) is 9.84. The first kappa shape index (κ1) is 14.3. The molecule has 0 fully saturated rings. The molecule has 0 unspecified atom stereocenters. The van der Waals surface area contributed by atoms with Gasteiger partial charge in [-0.3, -0.25) is 10.1 Å². The molecule has 0 atom stereocenters. The van der Waals surface area contributed by atoms with Crippen LogP contribution in [0.4, 0.5) is 5.69 Å². The van der Waals surface area contributed by atoms with Gasteiger partial charge in [0, 0.05) is 10.5 Å². The minimum absolute atomic E-state index is 0.125. The molecule has 100 valence electrons. The van der Waals surface area contributed by atoms with E-state index in [9.17, 15) is 10.1 Å². The van der Waals surface area contributed by atoms with Crippen molar-refractivity contribution in [3.63, 3.8) is 0 Å². The SMILES string of the molecule is N#Cc1cc(Br)cc(Oc2cc([N+](=O)[O-])ccc2Cl)c1. The molecule has 0 aliphatic carbocycles. The van der Waals surface area contributed by atoms with E-state index >= 15 is 0 Å². The molecule has 2 aromatic carbocycles. The lowest BCUT2D eigenvalue weighted by molar-refractivity contribution is -0.384. The van der Waals surface area contributed by atoms with E-state index in [1.165, 1.54) is 24.3 Å². The van der Waals surface area contributed by atoms with Crippen molar-refractivity contribution in [2.24, 2.45) is 0 Å². The molecule has 0 saturated carbocycles. The molecule has 0 radical (unpaired) electrons. The molecule has 20 heavy (non-hydrogen) atoms. The molecule has 0 amide bonds. The lowest BCUT2D eigenvalue weighted by Crippen LogP contribution is -1.91. The van der Waals surface area contributed by atoms with Crippen LogP contribution in [0.25, 0.3) is 0 Å². The lowest BCUT2D eigenvalue weighted by atomic mass is 10.2. The van der Waals surface area contributed by atoms with Crippen LogP contribution in [0.15, 0.2) is 40.9 Å². The molecular weight excluding hydrogens is 348 g/mol. The first-order chi connectivity index (χ1) is 9.49. The van der Waals surface area contributed by atoms with E-state index in [-0.39, 0.29) is 16.5 Å². The monoisotopic (exact) mass is 352 g/mol. The van der Waals surface area contributed by atoms with Crippen molar-refractivity contribution < 1.29 is 9.66 Å². The highest BCUT2D eigenvalue weighted by Crippen LogP contribution is 2.34. The molecule has 5 nitrogen and oxygen atoms in total. The standard InChI is InChI=1S/C13H6BrClN2O3/c14-9-3-8(7-16)4-11(5-9)20-13-6-10(17(18)19)1-2-12(13)15/h1-6H. The first-order valence-corrected chi connectivity index (χ1v) is 6.49. The minimum Gasteiger partial charge on any atom is -0.455 e. The molecule has 7 heteroatoms. The summed E-state index contributed by atoms with van der Waals surface area (Å²) >= 11 is 9.19.